The highest BCUT2D eigenvalue weighted by atomic mass is 14.9. The molecule has 0 spiro atoms. The minimum absolute atomic E-state index is 0.592. The van der Waals surface area contributed by atoms with Gasteiger partial charge < -0.3 is 5.32 Å². The second-order valence-electron chi connectivity index (χ2n) is 6.73. The Kier molecular flexibility index (Phi) is 4.77. The maximum atomic E-state index is 3.70. The van der Waals surface area contributed by atoms with Gasteiger partial charge >= 0.3 is 0 Å². The van der Waals surface area contributed by atoms with Crippen LogP contribution in [-0.4, -0.2) is 6.54 Å². The number of hydrogen-bond donors (Lipinski definition) is 1. The summed E-state index contributed by atoms with van der Waals surface area (Å²) in [4.78, 5) is 0. The van der Waals surface area contributed by atoms with Crippen molar-refractivity contribution in [2.24, 2.45) is 5.92 Å². The van der Waals surface area contributed by atoms with Gasteiger partial charge in [0.05, 0.1) is 0 Å². The summed E-state index contributed by atoms with van der Waals surface area (Å²) in [6.07, 6.45) is 11.3. The number of rotatable bonds is 5. The fourth-order valence-corrected chi connectivity index (χ4v) is 3.96. The molecule has 2 aliphatic rings. The monoisotopic (exact) mass is 271 g/mol. The molecule has 0 heterocycles. The largest absolute Gasteiger partial charge is 0.310 e. The Labute approximate surface area is 124 Å². The molecule has 2 aliphatic carbocycles. The molecule has 1 aromatic rings. The fourth-order valence-electron chi connectivity index (χ4n) is 3.96. The van der Waals surface area contributed by atoms with E-state index in [1.165, 1.54) is 56.9 Å². The first-order valence-electron chi connectivity index (χ1n) is 8.71. The highest BCUT2D eigenvalue weighted by molar-refractivity contribution is 5.28. The first kappa shape index (κ1) is 14.1. The van der Waals surface area contributed by atoms with Crippen LogP contribution in [0.3, 0.4) is 0 Å². The van der Waals surface area contributed by atoms with E-state index in [0.717, 1.165) is 18.4 Å². The Morgan fingerprint density at radius 1 is 0.950 bits per heavy atom. The summed E-state index contributed by atoms with van der Waals surface area (Å²) in [7, 11) is 0. The predicted octanol–water partition coefficient (Wildman–Crippen LogP) is 5.19. The van der Waals surface area contributed by atoms with Crippen molar-refractivity contribution in [2.75, 3.05) is 6.54 Å². The average Bonchev–Trinajstić information content (AvgIpc) is 2.46. The van der Waals surface area contributed by atoms with Gasteiger partial charge in [0.2, 0.25) is 0 Å². The summed E-state index contributed by atoms with van der Waals surface area (Å²) in [6.45, 7) is 3.30. The first-order valence-corrected chi connectivity index (χ1v) is 8.71. The molecule has 1 nitrogen and oxygen atoms in total. The standard InChI is InChI=1S/C19H29N/c1-2-20-19(17-9-6-10-17)18-13-11-16(12-14-18)15-7-4-3-5-8-15/h11-15,17,19-20H,2-10H2,1H3. The van der Waals surface area contributed by atoms with Crippen LogP contribution < -0.4 is 5.32 Å². The van der Waals surface area contributed by atoms with Crippen LogP contribution in [0.2, 0.25) is 0 Å². The van der Waals surface area contributed by atoms with E-state index in [2.05, 4.69) is 36.5 Å². The lowest BCUT2D eigenvalue weighted by Gasteiger charge is -2.35. The van der Waals surface area contributed by atoms with Crippen molar-refractivity contribution in [2.45, 2.75) is 70.3 Å². The molecule has 0 amide bonds. The van der Waals surface area contributed by atoms with Crippen LogP contribution in [0.25, 0.3) is 0 Å². The summed E-state index contributed by atoms with van der Waals surface area (Å²) in [5.41, 5.74) is 3.09. The van der Waals surface area contributed by atoms with Crippen LogP contribution in [0.1, 0.15) is 81.4 Å². The first-order chi connectivity index (χ1) is 9.88. The van der Waals surface area contributed by atoms with Crippen LogP contribution >= 0.6 is 0 Å². The zero-order chi connectivity index (χ0) is 13.8. The summed E-state index contributed by atoms with van der Waals surface area (Å²) in [5.74, 6) is 1.70. The fraction of sp³-hybridized carbons (Fsp3) is 0.684. The number of benzene rings is 1. The number of nitrogens with one attached hydrogen (secondary N) is 1. The maximum Gasteiger partial charge on any atom is 0.0348 e. The third kappa shape index (κ3) is 3.09. The lowest BCUT2D eigenvalue weighted by atomic mass is 9.76. The van der Waals surface area contributed by atoms with Gasteiger partial charge in [0, 0.05) is 6.04 Å². The van der Waals surface area contributed by atoms with Gasteiger partial charge in [-0.15, -0.1) is 0 Å². The molecule has 1 unspecified atom stereocenters. The van der Waals surface area contributed by atoms with Gasteiger partial charge in [-0.1, -0.05) is 56.9 Å². The van der Waals surface area contributed by atoms with Gasteiger partial charge in [-0.05, 0) is 55.2 Å². The minimum atomic E-state index is 0.592. The molecule has 0 aromatic heterocycles. The highest BCUT2D eigenvalue weighted by Crippen LogP contribution is 2.38. The smallest absolute Gasteiger partial charge is 0.0348 e. The van der Waals surface area contributed by atoms with Crippen molar-refractivity contribution in [3.8, 4) is 0 Å². The molecule has 20 heavy (non-hydrogen) atoms. The Morgan fingerprint density at radius 3 is 2.20 bits per heavy atom. The molecule has 1 N–H and O–H groups in total. The molecule has 0 saturated heterocycles. The molecule has 0 radical (unpaired) electrons. The quantitative estimate of drug-likeness (QED) is 0.777. The van der Waals surface area contributed by atoms with Crippen molar-refractivity contribution >= 4 is 0 Å². The molecule has 3 rings (SSSR count). The van der Waals surface area contributed by atoms with E-state index >= 15 is 0 Å². The van der Waals surface area contributed by atoms with Crippen molar-refractivity contribution in [3.05, 3.63) is 35.4 Å². The molecular weight excluding hydrogens is 242 g/mol. The summed E-state index contributed by atoms with van der Waals surface area (Å²) in [6, 6.07) is 10.2. The Hall–Kier alpha value is -0.820. The maximum absolute atomic E-state index is 3.70. The summed E-state index contributed by atoms with van der Waals surface area (Å²) >= 11 is 0. The zero-order valence-corrected chi connectivity index (χ0v) is 12.9. The summed E-state index contributed by atoms with van der Waals surface area (Å²) < 4.78 is 0. The van der Waals surface area contributed by atoms with Gasteiger partial charge in [-0.3, -0.25) is 0 Å². The molecule has 0 aliphatic heterocycles. The normalized spacial score (nSPS) is 22.4. The van der Waals surface area contributed by atoms with Crippen molar-refractivity contribution in [3.63, 3.8) is 0 Å². The molecule has 1 atom stereocenters. The number of hydrogen-bond acceptors (Lipinski definition) is 1. The lowest BCUT2D eigenvalue weighted by molar-refractivity contribution is 0.233. The second-order valence-corrected chi connectivity index (χ2v) is 6.73. The molecule has 2 saturated carbocycles. The van der Waals surface area contributed by atoms with E-state index in [1.807, 2.05) is 0 Å². The predicted molar refractivity (Wildman–Crippen MR) is 86.0 cm³/mol. The molecule has 1 aromatic carbocycles. The van der Waals surface area contributed by atoms with E-state index in [0.29, 0.717) is 6.04 Å². The third-order valence-corrected chi connectivity index (χ3v) is 5.42. The molecule has 0 bridgehead atoms. The van der Waals surface area contributed by atoms with Crippen LogP contribution in [0.4, 0.5) is 0 Å². The van der Waals surface area contributed by atoms with Crippen LogP contribution in [0, 0.1) is 5.92 Å². The van der Waals surface area contributed by atoms with E-state index in [-0.39, 0.29) is 0 Å². The van der Waals surface area contributed by atoms with E-state index in [1.54, 1.807) is 5.56 Å². The van der Waals surface area contributed by atoms with Crippen LogP contribution in [-0.2, 0) is 0 Å². The third-order valence-electron chi connectivity index (χ3n) is 5.42. The topological polar surface area (TPSA) is 12.0 Å². The van der Waals surface area contributed by atoms with E-state index < -0.39 is 0 Å². The van der Waals surface area contributed by atoms with Gasteiger partial charge in [0.15, 0.2) is 0 Å². The SMILES string of the molecule is CCNC(c1ccc(C2CCCCC2)cc1)C1CCC1. The summed E-state index contributed by atoms with van der Waals surface area (Å²) in [5, 5.41) is 3.70. The second kappa shape index (κ2) is 6.76. The van der Waals surface area contributed by atoms with E-state index in [9.17, 15) is 0 Å². The van der Waals surface area contributed by atoms with Crippen LogP contribution in [0.5, 0.6) is 0 Å². The average molecular weight is 271 g/mol. The zero-order valence-electron chi connectivity index (χ0n) is 12.9. The van der Waals surface area contributed by atoms with Gasteiger partial charge in [-0.2, -0.15) is 0 Å². The Bertz CT molecular complexity index is 398. The van der Waals surface area contributed by atoms with Crippen molar-refractivity contribution < 1.29 is 0 Å². The van der Waals surface area contributed by atoms with Gasteiger partial charge in [-0.25, -0.2) is 0 Å². The van der Waals surface area contributed by atoms with Gasteiger partial charge in [0.1, 0.15) is 0 Å². The Morgan fingerprint density at radius 2 is 1.65 bits per heavy atom. The Balaban J connectivity index is 1.70. The van der Waals surface area contributed by atoms with Crippen molar-refractivity contribution in [1.29, 1.82) is 0 Å². The lowest BCUT2D eigenvalue weighted by Crippen LogP contribution is -2.32. The van der Waals surface area contributed by atoms with E-state index in [4.69, 9.17) is 0 Å². The molecule has 1 heteroatoms. The van der Waals surface area contributed by atoms with Gasteiger partial charge in [0.25, 0.3) is 0 Å². The molecule has 2 fully saturated rings. The minimum Gasteiger partial charge on any atom is -0.310 e. The molecular formula is C19H29N. The molecule has 110 valence electrons. The van der Waals surface area contributed by atoms with Crippen LogP contribution in [0.15, 0.2) is 24.3 Å². The van der Waals surface area contributed by atoms with Crippen molar-refractivity contribution in [1.82, 2.24) is 5.32 Å². The highest BCUT2D eigenvalue weighted by Gasteiger charge is 2.27.